The zero-order valence-corrected chi connectivity index (χ0v) is 19.1. The Morgan fingerprint density at radius 1 is 1.04 bits per heavy atom. The molecule has 1 rings (SSSR count). The molecule has 0 aromatic heterocycles. The molecule has 0 aliphatic heterocycles. The van der Waals surface area contributed by atoms with Crippen LogP contribution >= 0.6 is 0 Å². The standard InChI is InChI=1S/C18H30O3Si3/c1-9-14-12-15(19-22-10-2)17(16(13-14)20-23-11-3)21-24(7,8)18(4,5)6/h9,12-13H,1,10-11H2,2-8H3. The van der Waals surface area contributed by atoms with Crippen LogP contribution in [0, 0.1) is 0 Å². The summed E-state index contributed by atoms with van der Waals surface area (Å²) < 4.78 is 18.6. The lowest BCUT2D eigenvalue weighted by Crippen LogP contribution is -2.44. The average molecular weight is 379 g/mol. The maximum absolute atomic E-state index is 6.59. The van der Waals surface area contributed by atoms with Gasteiger partial charge in [-0.15, -0.1) is 0 Å². The minimum Gasteiger partial charge on any atom is -0.539 e. The second-order valence-corrected chi connectivity index (χ2v) is 14.2. The second-order valence-electron chi connectivity index (χ2n) is 7.11. The Balaban J connectivity index is 3.36. The molecule has 0 fully saturated rings. The van der Waals surface area contributed by atoms with Gasteiger partial charge in [-0.05, 0) is 47.9 Å². The van der Waals surface area contributed by atoms with Crippen LogP contribution < -0.4 is 13.3 Å². The third kappa shape index (κ3) is 5.53. The van der Waals surface area contributed by atoms with Crippen LogP contribution in [0.2, 0.25) is 30.2 Å². The van der Waals surface area contributed by atoms with Crippen molar-refractivity contribution in [3.8, 4) is 17.2 Å². The van der Waals surface area contributed by atoms with Crippen molar-refractivity contribution >= 4 is 33.9 Å². The molecule has 0 spiro atoms. The van der Waals surface area contributed by atoms with Gasteiger partial charge in [-0.3, -0.25) is 0 Å². The molecule has 0 saturated heterocycles. The van der Waals surface area contributed by atoms with E-state index in [2.05, 4.69) is 54.3 Å². The van der Waals surface area contributed by atoms with E-state index in [-0.39, 0.29) is 5.04 Å². The Kier molecular flexibility index (Phi) is 7.82. The van der Waals surface area contributed by atoms with E-state index in [1.54, 1.807) is 0 Å². The molecule has 0 saturated carbocycles. The zero-order valence-electron chi connectivity index (χ0n) is 16.1. The normalized spacial score (nSPS) is 12.0. The van der Waals surface area contributed by atoms with Crippen LogP contribution in [-0.2, 0) is 0 Å². The van der Waals surface area contributed by atoms with Crippen LogP contribution in [0.5, 0.6) is 17.2 Å². The Labute approximate surface area is 153 Å². The first kappa shape index (κ1) is 21.1. The van der Waals surface area contributed by atoms with Gasteiger partial charge >= 0.3 is 19.5 Å². The van der Waals surface area contributed by atoms with E-state index in [0.29, 0.717) is 19.5 Å². The highest BCUT2D eigenvalue weighted by molar-refractivity contribution is 6.74. The van der Waals surface area contributed by atoms with Gasteiger partial charge in [0.25, 0.3) is 8.32 Å². The van der Waals surface area contributed by atoms with Gasteiger partial charge in [0.15, 0.2) is 5.75 Å². The van der Waals surface area contributed by atoms with Gasteiger partial charge in [0.1, 0.15) is 11.5 Å². The van der Waals surface area contributed by atoms with E-state index in [4.69, 9.17) is 13.3 Å². The predicted molar refractivity (Wildman–Crippen MR) is 108 cm³/mol. The van der Waals surface area contributed by atoms with Crippen LogP contribution in [-0.4, -0.2) is 27.8 Å². The van der Waals surface area contributed by atoms with Gasteiger partial charge < -0.3 is 13.3 Å². The fourth-order valence-corrected chi connectivity index (χ4v) is 3.60. The summed E-state index contributed by atoms with van der Waals surface area (Å²) in [6.07, 6.45) is 1.82. The zero-order chi connectivity index (χ0) is 18.4. The highest BCUT2D eigenvalue weighted by atomic mass is 28.4. The minimum absolute atomic E-state index is 0.110. The van der Waals surface area contributed by atoms with E-state index in [9.17, 15) is 0 Å². The van der Waals surface area contributed by atoms with Gasteiger partial charge in [0, 0.05) is 0 Å². The molecule has 0 atom stereocenters. The number of benzene rings is 1. The van der Waals surface area contributed by atoms with Gasteiger partial charge in [0.2, 0.25) is 0 Å². The first-order valence-electron chi connectivity index (χ1n) is 8.45. The minimum atomic E-state index is -1.99. The summed E-state index contributed by atoms with van der Waals surface area (Å²) in [6.45, 7) is 19.3. The largest absolute Gasteiger partial charge is 0.539 e. The van der Waals surface area contributed by atoms with Crippen LogP contribution in [0.25, 0.3) is 6.08 Å². The number of hydrogen-bond acceptors (Lipinski definition) is 3. The molecule has 3 nitrogen and oxygen atoms in total. The maximum Gasteiger partial charge on any atom is 0.310 e. The topological polar surface area (TPSA) is 27.7 Å². The molecule has 0 heterocycles. The number of hydrogen-bond donors (Lipinski definition) is 0. The molecule has 1 aromatic rings. The lowest BCUT2D eigenvalue weighted by molar-refractivity contribution is 0.441. The van der Waals surface area contributed by atoms with Crippen molar-refractivity contribution < 1.29 is 13.3 Å². The van der Waals surface area contributed by atoms with Crippen molar-refractivity contribution in [2.24, 2.45) is 0 Å². The average Bonchev–Trinajstić information content (AvgIpc) is 2.50. The van der Waals surface area contributed by atoms with E-state index >= 15 is 0 Å². The quantitative estimate of drug-likeness (QED) is 0.524. The van der Waals surface area contributed by atoms with Crippen molar-refractivity contribution in [1.29, 1.82) is 0 Å². The molecule has 4 radical (unpaired) electrons. The molecule has 132 valence electrons. The highest BCUT2D eigenvalue weighted by Crippen LogP contribution is 2.45. The maximum atomic E-state index is 6.59. The third-order valence-corrected chi connectivity index (χ3v) is 9.73. The molecule has 0 aliphatic rings. The van der Waals surface area contributed by atoms with E-state index < -0.39 is 8.32 Å². The molecule has 0 amide bonds. The van der Waals surface area contributed by atoms with Gasteiger partial charge in [0.05, 0.1) is 0 Å². The van der Waals surface area contributed by atoms with E-state index in [1.807, 2.05) is 18.2 Å². The molecule has 24 heavy (non-hydrogen) atoms. The molecule has 0 aliphatic carbocycles. The van der Waals surface area contributed by atoms with E-state index in [0.717, 1.165) is 34.9 Å². The van der Waals surface area contributed by atoms with Gasteiger partial charge in [-0.25, -0.2) is 0 Å². The molecular weight excluding hydrogens is 348 g/mol. The monoisotopic (exact) mass is 378 g/mol. The van der Waals surface area contributed by atoms with Crippen molar-refractivity contribution in [2.75, 3.05) is 0 Å². The fraction of sp³-hybridized carbons (Fsp3) is 0.556. The van der Waals surface area contributed by atoms with Gasteiger partial charge in [-0.2, -0.15) is 0 Å². The Hall–Kier alpha value is -0.989. The number of rotatable bonds is 9. The Bertz CT molecular complexity index is 522. The summed E-state index contributed by atoms with van der Waals surface area (Å²) in [7, 11) is -1.18. The van der Waals surface area contributed by atoms with Crippen LogP contribution in [0.1, 0.15) is 40.2 Å². The van der Waals surface area contributed by atoms with Crippen LogP contribution in [0.15, 0.2) is 18.7 Å². The summed E-state index contributed by atoms with van der Waals surface area (Å²) in [4.78, 5) is 0. The van der Waals surface area contributed by atoms with Gasteiger partial charge in [-0.1, -0.05) is 47.3 Å². The molecule has 0 N–H and O–H groups in total. The molecule has 0 bridgehead atoms. The third-order valence-electron chi connectivity index (χ3n) is 4.10. The predicted octanol–water partition coefficient (Wildman–Crippen LogP) is 5.59. The molecule has 1 aromatic carbocycles. The Morgan fingerprint density at radius 3 is 1.83 bits per heavy atom. The van der Waals surface area contributed by atoms with Crippen LogP contribution in [0.3, 0.4) is 0 Å². The molecule has 0 unspecified atom stereocenters. The first-order valence-corrected chi connectivity index (χ1v) is 13.6. The smallest absolute Gasteiger partial charge is 0.310 e. The summed E-state index contributed by atoms with van der Waals surface area (Å²) >= 11 is 0. The summed E-state index contributed by atoms with van der Waals surface area (Å²) in [5.41, 5.74) is 0.990. The van der Waals surface area contributed by atoms with Crippen molar-refractivity contribution in [3.63, 3.8) is 0 Å². The summed E-state index contributed by atoms with van der Waals surface area (Å²) in [6, 6.07) is 5.95. The van der Waals surface area contributed by atoms with Crippen LogP contribution in [0.4, 0.5) is 0 Å². The van der Waals surface area contributed by atoms with Crippen molar-refractivity contribution in [1.82, 2.24) is 0 Å². The SMILES string of the molecule is C=Cc1cc(O[Si]CC)c(O[Si](C)(C)C(C)(C)C)c(O[Si]CC)c1. The first-order chi connectivity index (χ1) is 11.2. The van der Waals surface area contributed by atoms with Crippen molar-refractivity contribution in [2.45, 2.75) is 64.8 Å². The highest BCUT2D eigenvalue weighted by Gasteiger charge is 2.40. The fourth-order valence-electron chi connectivity index (χ4n) is 1.68. The van der Waals surface area contributed by atoms with Crippen molar-refractivity contribution in [3.05, 3.63) is 24.3 Å². The summed E-state index contributed by atoms with van der Waals surface area (Å²) in [5, 5.41) is 0.110. The molecule has 6 heteroatoms. The molecular formula is C18H30O3Si3. The lowest BCUT2D eigenvalue weighted by atomic mass is 10.2. The lowest BCUT2D eigenvalue weighted by Gasteiger charge is -2.37. The Morgan fingerprint density at radius 2 is 1.50 bits per heavy atom. The van der Waals surface area contributed by atoms with E-state index in [1.165, 1.54) is 0 Å². The second kappa shape index (κ2) is 8.92. The summed E-state index contributed by atoms with van der Waals surface area (Å²) in [5.74, 6) is 2.30.